The average molecular weight is 239 g/mol. The zero-order valence-electron chi connectivity index (χ0n) is 10.9. The van der Waals surface area contributed by atoms with Crippen LogP contribution in [-0.4, -0.2) is 0 Å². The average Bonchev–Trinajstić information content (AvgIpc) is 2.33. The molecule has 2 aromatic rings. The Morgan fingerprint density at radius 1 is 1.00 bits per heavy atom. The second kappa shape index (κ2) is 4.61. The fourth-order valence-corrected chi connectivity index (χ4v) is 2.29. The lowest BCUT2D eigenvalue weighted by atomic mass is 9.94. The fourth-order valence-electron chi connectivity index (χ4n) is 2.29. The Morgan fingerprint density at radius 3 is 2.17 bits per heavy atom. The fraction of sp³-hybridized carbons (Fsp3) is 0.200. The Bertz CT molecular complexity index is 595. The van der Waals surface area contributed by atoms with Crippen molar-refractivity contribution in [3.05, 3.63) is 47.0 Å². The van der Waals surface area contributed by atoms with Crippen molar-refractivity contribution in [1.29, 1.82) is 5.53 Å². The van der Waals surface area contributed by atoms with Crippen molar-refractivity contribution >= 4 is 11.4 Å². The van der Waals surface area contributed by atoms with Gasteiger partial charge < -0.3 is 5.73 Å². The van der Waals surface area contributed by atoms with Crippen LogP contribution in [0.15, 0.2) is 35.4 Å². The molecular weight excluding hydrogens is 222 g/mol. The first-order chi connectivity index (χ1) is 8.54. The molecule has 3 N–H and O–H groups in total. The minimum Gasteiger partial charge on any atom is -0.397 e. The lowest BCUT2D eigenvalue weighted by Crippen LogP contribution is -1.93. The van der Waals surface area contributed by atoms with E-state index in [1.807, 2.05) is 19.1 Å². The van der Waals surface area contributed by atoms with Gasteiger partial charge in [0, 0.05) is 0 Å². The molecule has 0 amide bonds. The number of nitrogens with zero attached hydrogens (tertiary/aromatic N) is 1. The van der Waals surface area contributed by atoms with Crippen molar-refractivity contribution in [3.8, 4) is 11.1 Å². The number of rotatable bonds is 2. The van der Waals surface area contributed by atoms with Crippen LogP contribution in [0.4, 0.5) is 11.4 Å². The molecule has 0 fully saturated rings. The lowest BCUT2D eigenvalue weighted by molar-refractivity contribution is 1.15. The molecule has 92 valence electrons. The molecule has 0 unspecified atom stereocenters. The highest BCUT2D eigenvalue weighted by molar-refractivity contribution is 5.79. The number of hydrogen-bond acceptors (Lipinski definition) is 3. The van der Waals surface area contributed by atoms with Crippen LogP contribution < -0.4 is 5.73 Å². The zero-order chi connectivity index (χ0) is 13.3. The van der Waals surface area contributed by atoms with E-state index >= 15 is 0 Å². The van der Waals surface area contributed by atoms with E-state index in [0.29, 0.717) is 11.4 Å². The normalized spacial score (nSPS) is 10.4. The third kappa shape index (κ3) is 1.99. The molecule has 3 nitrogen and oxygen atoms in total. The van der Waals surface area contributed by atoms with Gasteiger partial charge in [-0.2, -0.15) is 5.11 Å². The van der Waals surface area contributed by atoms with Gasteiger partial charge in [0.2, 0.25) is 0 Å². The summed E-state index contributed by atoms with van der Waals surface area (Å²) in [7, 11) is 0. The summed E-state index contributed by atoms with van der Waals surface area (Å²) in [5.41, 5.74) is 19.9. The van der Waals surface area contributed by atoms with Crippen LogP contribution >= 0.6 is 0 Å². The summed E-state index contributed by atoms with van der Waals surface area (Å²) in [6.45, 7) is 6.12. The van der Waals surface area contributed by atoms with Crippen LogP contribution in [0.2, 0.25) is 0 Å². The Morgan fingerprint density at radius 2 is 1.61 bits per heavy atom. The molecule has 0 saturated carbocycles. The van der Waals surface area contributed by atoms with E-state index in [0.717, 1.165) is 11.1 Å². The van der Waals surface area contributed by atoms with Crippen LogP contribution in [-0.2, 0) is 0 Å². The third-order valence-electron chi connectivity index (χ3n) is 3.26. The maximum Gasteiger partial charge on any atom is 0.109 e. The summed E-state index contributed by atoms with van der Waals surface area (Å²) in [5, 5.41) is 3.50. The van der Waals surface area contributed by atoms with Crippen molar-refractivity contribution < 1.29 is 0 Å². The molecule has 3 heteroatoms. The molecule has 2 aromatic carbocycles. The van der Waals surface area contributed by atoms with E-state index in [2.05, 4.69) is 37.2 Å². The molecule has 0 spiro atoms. The summed E-state index contributed by atoms with van der Waals surface area (Å²) in [6, 6.07) is 10.2. The number of aryl methyl sites for hydroxylation is 3. The molecule has 18 heavy (non-hydrogen) atoms. The predicted molar refractivity (Wildman–Crippen MR) is 75.3 cm³/mol. The standard InChI is InChI=1S/C15H17N3/c1-9-5-4-6-10(2)14(9)12-7-11(3)15(16)13(8-12)18-17/h4-8,17H,16H2,1-3H3. The van der Waals surface area contributed by atoms with E-state index in [1.165, 1.54) is 16.7 Å². The van der Waals surface area contributed by atoms with Crippen LogP contribution in [0.1, 0.15) is 16.7 Å². The summed E-state index contributed by atoms with van der Waals surface area (Å²) >= 11 is 0. The number of nitrogen functional groups attached to an aromatic ring is 1. The molecule has 0 heterocycles. The Labute approximate surface area is 107 Å². The SMILES string of the molecule is Cc1cc(-c2c(C)cccc2C)cc(N=N)c1N. The molecule has 0 radical (unpaired) electrons. The van der Waals surface area contributed by atoms with Crippen molar-refractivity contribution in [2.45, 2.75) is 20.8 Å². The zero-order valence-corrected chi connectivity index (χ0v) is 10.9. The lowest BCUT2D eigenvalue weighted by Gasteiger charge is -2.13. The first-order valence-corrected chi connectivity index (χ1v) is 5.88. The topological polar surface area (TPSA) is 62.2 Å². The van der Waals surface area contributed by atoms with Crippen molar-refractivity contribution in [2.75, 3.05) is 5.73 Å². The molecule has 0 aromatic heterocycles. The maximum absolute atomic E-state index is 7.19. The van der Waals surface area contributed by atoms with E-state index in [-0.39, 0.29) is 0 Å². The van der Waals surface area contributed by atoms with Gasteiger partial charge in [-0.25, -0.2) is 5.53 Å². The van der Waals surface area contributed by atoms with Gasteiger partial charge in [-0.3, -0.25) is 0 Å². The van der Waals surface area contributed by atoms with Gasteiger partial charge in [-0.15, -0.1) is 0 Å². The van der Waals surface area contributed by atoms with E-state index in [9.17, 15) is 0 Å². The van der Waals surface area contributed by atoms with Crippen molar-refractivity contribution in [3.63, 3.8) is 0 Å². The van der Waals surface area contributed by atoms with E-state index < -0.39 is 0 Å². The second-order valence-electron chi connectivity index (χ2n) is 4.60. The molecule has 0 aliphatic carbocycles. The second-order valence-corrected chi connectivity index (χ2v) is 4.60. The van der Waals surface area contributed by atoms with Crippen LogP contribution in [0.3, 0.4) is 0 Å². The molecule has 0 atom stereocenters. The third-order valence-corrected chi connectivity index (χ3v) is 3.26. The van der Waals surface area contributed by atoms with Gasteiger partial charge in [0.05, 0.1) is 5.69 Å². The number of nitrogens with one attached hydrogen (secondary N) is 1. The van der Waals surface area contributed by atoms with E-state index in [4.69, 9.17) is 11.3 Å². The van der Waals surface area contributed by atoms with Gasteiger partial charge in [0.1, 0.15) is 5.69 Å². The van der Waals surface area contributed by atoms with Crippen LogP contribution in [0, 0.1) is 26.3 Å². The number of anilines is 1. The van der Waals surface area contributed by atoms with Crippen LogP contribution in [0.25, 0.3) is 11.1 Å². The van der Waals surface area contributed by atoms with Gasteiger partial charge in [-0.1, -0.05) is 18.2 Å². The molecule has 2 rings (SSSR count). The highest BCUT2D eigenvalue weighted by atomic mass is 15.0. The van der Waals surface area contributed by atoms with Crippen molar-refractivity contribution in [1.82, 2.24) is 0 Å². The van der Waals surface area contributed by atoms with Crippen molar-refractivity contribution in [2.24, 2.45) is 5.11 Å². The summed E-state index contributed by atoms with van der Waals surface area (Å²) in [5.74, 6) is 0. The number of hydrogen-bond donors (Lipinski definition) is 2. The van der Waals surface area contributed by atoms with Gasteiger partial charge in [0.25, 0.3) is 0 Å². The van der Waals surface area contributed by atoms with Gasteiger partial charge in [-0.05, 0) is 60.7 Å². The Hall–Kier alpha value is -2.16. The summed E-state index contributed by atoms with van der Waals surface area (Å²) < 4.78 is 0. The first-order valence-electron chi connectivity index (χ1n) is 5.88. The van der Waals surface area contributed by atoms with E-state index in [1.54, 1.807) is 0 Å². The molecule has 0 bridgehead atoms. The van der Waals surface area contributed by atoms with Crippen LogP contribution in [0.5, 0.6) is 0 Å². The van der Waals surface area contributed by atoms with Gasteiger partial charge >= 0.3 is 0 Å². The first kappa shape index (κ1) is 12.3. The molecule has 0 aliphatic rings. The highest BCUT2D eigenvalue weighted by Crippen LogP contribution is 2.35. The maximum atomic E-state index is 7.19. The quantitative estimate of drug-likeness (QED) is 0.587. The highest BCUT2D eigenvalue weighted by Gasteiger charge is 2.10. The smallest absolute Gasteiger partial charge is 0.109 e. The number of benzene rings is 2. The monoisotopic (exact) mass is 239 g/mol. The Kier molecular flexibility index (Phi) is 3.15. The molecule has 0 saturated heterocycles. The summed E-state index contributed by atoms with van der Waals surface area (Å²) in [6.07, 6.45) is 0. The van der Waals surface area contributed by atoms with Gasteiger partial charge in [0.15, 0.2) is 0 Å². The Balaban J connectivity index is 2.72. The minimum absolute atomic E-state index is 0.535. The molecular formula is C15H17N3. The minimum atomic E-state index is 0.535. The molecule has 0 aliphatic heterocycles. The summed E-state index contributed by atoms with van der Waals surface area (Å²) in [4.78, 5) is 0. The predicted octanol–water partition coefficient (Wildman–Crippen LogP) is 4.52. The largest absolute Gasteiger partial charge is 0.397 e. The number of nitrogens with two attached hydrogens (primary N) is 1.